The minimum atomic E-state index is -0.983. The van der Waals surface area contributed by atoms with Crippen LogP contribution in [0.1, 0.15) is 15.9 Å². The van der Waals surface area contributed by atoms with Gasteiger partial charge in [0, 0.05) is 10.0 Å². The van der Waals surface area contributed by atoms with Crippen LogP contribution in [0.15, 0.2) is 45.3 Å². The third-order valence-corrected chi connectivity index (χ3v) is 3.99. The van der Waals surface area contributed by atoms with Gasteiger partial charge in [-0.15, -0.1) is 0 Å². The van der Waals surface area contributed by atoms with Gasteiger partial charge in [-0.2, -0.15) is 0 Å². The van der Waals surface area contributed by atoms with Crippen LogP contribution >= 0.6 is 15.9 Å². The van der Waals surface area contributed by atoms with Crippen molar-refractivity contribution in [3.05, 3.63) is 52.0 Å². The van der Waals surface area contributed by atoms with Crippen molar-refractivity contribution >= 4 is 33.0 Å². The molecule has 100 valence electrons. The van der Waals surface area contributed by atoms with E-state index in [1.165, 1.54) is 12.1 Å². The molecule has 0 aliphatic rings. The van der Waals surface area contributed by atoms with Gasteiger partial charge < -0.3 is 9.52 Å². The Morgan fingerprint density at radius 2 is 2.10 bits per heavy atom. The van der Waals surface area contributed by atoms with E-state index < -0.39 is 5.97 Å². The lowest BCUT2D eigenvalue weighted by molar-refractivity contribution is 0.0697. The number of benzene rings is 2. The van der Waals surface area contributed by atoms with Crippen LogP contribution in [0.25, 0.3) is 22.6 Å². The highest BCUT2D eigenvalue weighted by molar-refractivity contribution is 9.10. The maximum absolute atomic E-state index is 11.0. The average Bonchev–Trinajstić information content (AvgIpc) is 2.84. The molecular weight excluding hydrogens is 322 g/mol. The van der Waals surface area contributed by atoms with Crippen LogP contribution in [0.3, 0.4) is 0 Å². The van der Waals surface area contributed by atoms with Crippen LogP contribution in [-0.4, -0.2) is 16.1 Å². The molecule has 0 aliphatic heterocycles. The standard InChI is InChI=1S/C15H10BrNO3/c1-8-10(3-2-4-11(8)16)14-17-12-6-5-9(15(18)19)7-13(12)20-14/h2-7H,1H3,(H,18,19). The molecule has 2 aromatic carbocycles. The SMILES string of the molecule is Cc1c(Br)cccc1-c1nc2ccc(C(=O)O)cc2o1. The second kappa shape index (κ2) is 4.76. The maximum atomic E-state index is 11.0. The van der Waals surface area contributed by atoms with E-state index in [0.29, 0.717) is 17.0 Å². The smallest absolute Gasteiger partial charge is 0.335 e. The summed E-state index contributed by atoms with van der Waals surface area (Å²) in [5.74, 6) is -0.496. The summed E-state index contributed by atoms with van der Waals surface area (Å²) in [4.78, 5) is 15.4. The summed E-state index contributed by atoms with van der Waals surface area (Å²) in [6.45, 7) is 1.97. The molecule has 0 atom stereocenters. The fraction of sp³-hybridized carbons (Fsp3) is 0.0667. The molecule has 0 bridgehead atoms. The van der Waals surface area contributed by atoms with Crippen LogP contribution in [0, 0.1) is 6.92 Å². The molecule has 4 nitrogen and oxygen atoms in total. The largest absolute Gasteiger partial charge is 0.478 e. The highest BCUT2D eigenvalue weighted by Gasteiger charge is 2.13. The molecule has 3 aromatic rings. The Morgan fingerprint density at radius 3 is 2.85 bits per heavy atom. The number of aromatic nitrogens is 1. The Kier molecular flexibility index (Phi) is 3.06. The first-order valence-electron chi connectivity index (χ1n) is 5.95. The number of nitrogens with zero attached hydrogens (tertiary/aromatic N) is 1. The fourth-order valence-electron chi connectivity index (χ4n) is 2.01. The Balaban J connectivity index is 2.18. The molecule has 1 heterocycles. The summed E-state index contributed by atoms with van der Waals surface area (Å²) >= 11 is 3.47. The first-order chi connectivity index (χ1) is 9.56. The van der Waals surface area contributed by atoms with Crippen molar-refractivity contribution in [3.63, 3.8) is 0 Å². The van der Waals surface area contributed by atoms with Crippen molar-refractivity contribution in [2.75, 3.05) is 0 Å². The van der Waals surface area contributed by atoms with E-state index in [-0.39, 0.29) is 5.56 Å². The topological polar surface area (TPSA) is 63.3 Å². The first-order valence-corrected chi connectivity index (χ1v) is 6.75. The molecule has 1 aromatic heterocycles. The lowest BCUT2D eigenvalue weighted by atomic mass is 10.1. The predicted octanol–water partition coefficient (Wildman–Crippen LogP) is 4.26. The quantitative estimate of drug-likeness (QED) is 0.761. The van der Waals surface area contributed by atoms with E-state index in [1.807, 2.05) is 25.1 Å². The number of hydrogen-bond donors (Lipinski definition) is 1. The van der Waals surface area contributed by atoms with Gasteiger partial charge in [-0.25, -0.2) is 9.78 Å². The molecule has 0 amide bonds. The summed E-state index contributed by atoms with van der Waals surface area (Å²) in [6.07, 6.45) is 0. The monoisotopic (exact) mass is 331 g/mol. The van der Waals surface area contributed by atoms with Gasteiger partial charge in [0.15, 0.2) is 5.58 Å². The summed E-state index contributed by atoms with van der Waals surface area (Å²) in [5, 5.41) is 8.98. The van der Waals surface area contributed by atoms with Crippen molar-refractivity contribution in [2.45, 2.75) is 6.92 Å². The lowest BCUT2D eigenvalue weighted by Gasteiger charge is -2.02. The van der Waals surface area contributed by atoms with Gasteiger partial charge in [0.2, 0.25) is 5.89 Å². The van der Waals surface area contributed by atoms with Crippen LogP contribution in [-0.2, 0) is 0 Å². The first kappa shape index (κ1) is 12.9. The van der Waals surface area contributed by atoms with Gasteiger partial charge in [0.05, 0.1) is 5.56 Å². The van der Waals surface area contributed by atoms with Gasteiger partial charge in [-0.05, 0) is 42.8 Å². The zero-order chi connectivity index (χ0) is 14.3. The minimum Gasteiger partial charge on any atom is -0.478 e. The molecular formula is C15H10BrNO3. The van der Waals surface area contributed by atoms with Crippen molar-refractivity contribution < 1.29 is 14.3 Å². The second-order valence-corrected chi connectivity index (χ2v) is 5.27. The van der Waals surface area contributed by atoms with E-state index in [4.69, 9.17) is 9.52 Å². The van der Waals surface area contributed by atoms with E-state index in [1.54, 1.807) is 6.07 Å². The lowest BCUT2D eigenvalue weighted by Crippen LogP contribution is -1.94. The summed E-state index contributed by atoms with van der Waals surface area (Å²) in [6, 6.07) is 10.4. The molecule has 20 heavy (non-hydrogen) atoms. The van der Waals surface area contributed by atoms with E-state index in [9.17, 15) is 4.79 Å². The second-order valence-electron chi connectivity index (χ2n) is 4.42. The van der Waals surface area contributed by atoms with Crippen LogP contribution in [0.5, 0.6) is 0 Å². The number of oxazole rings is 1. The van der Waals surface area contributed by atoms with Crippen molar-refractivity contribution in [2.24, 2.45) is 0 Å². The highest BCUT2D eigenvalue weighted by Crippen LogP contribution is 2.30. The number of halogens is 1. The molecule has 0 spiro atoms. The van der Waals surface area contributed by atoms with Crippen molar-refractivity contribution in [1.29, 1.82) is 0 Å². The Labute approximate surface area is 123 Å². The van der Waals surface area contributed by atoms with E-state index in [2.05, 4.69) is 20.9 Å². The van der Waals surface area contributed by atoms with E-state index >= 15 is 0 Å². The molecule has 0 saturated heterocycles. The molecule has 0 fully saturated rings. The van der Waals surface area contributed by atoms with Crippen molar-refractivity contribution in [3.8, 4) is 11.5 Å². The number of carbonyl (C=O) groups is 1. The molecule has 1 N–H and O–H groups in total. The number of fused-ring (bicyclic) bond motifs is 1. The molecule has 0 aliphatic carbocycles. The van der Waals surface area contributed by atoms with Crippen LogP contribution in [0.4, 0.5) is 0 Å². The zero-order valence-electron chi connectivity index (χ0n) is 10.6. The predicted molar refractivity (Wildman–Crippen MR) is 78.8 cm³/mol. The normalized spacial score (nSPS) is 10.9. The van der Waals surface area contributed by atoms with Gasteiger partial charge in [-0.1, -0.05) is 22.0 Å². The fourth-order valence-corrected chi connectivity index (χ4v) is 2.38. The molecule has 3 rings (SSSR count). The molecule has 0 unspecified atom stereocenters. The van der Waals surface area contributed by atoms with Gasteiger partial charge >= 0.3 is 5.97 Å². The van der Waals surface area contributed by atoms with E-state index in [0.717, 1.165) is 15.6 Å². The molecule has 5 heteroatoms. The summed E-state index contributed by atoms with van der Waals surface area (Å²) in [7, 11) is 0. The van der Waals surface area contributed by atoms with Gasteiger partial charge in [0.25, 0.3) is 0 Å². The van der Waals surface area contributed by atoms with Gasteiger partial charge in [0.1, 0.15) is 5.52 Å². The van der Waals surface area contributed by atoms with Crippen molar-refractivity contribution in [1.82, 2.24) is 4.98 Å². The number of aromatic carboxylic acids is 1. The minimum absolute atomic E-state index is 0.186. The Hall–Kier alpha value is -2.14. The summed E-state index contributed by atoms with van der Waals surface area (Å²) in [5.41, 5.74) is 3.21. The average molecular weight is 332 g/mol. The van der Waals surface area contributed by atoms with Crippen LogP contribution < -0.4 is 0 Å². The van der Waals surface area contributed by atoms with Crippen LogP contribution in [0.2, 0.25) is 0 Å². The third-order valence-electron chi connectivity index (χ3n) is 3.13. The number of carboxylic acid groups (broad SMARTS) is 1. The third kappa shape index (κ3) is 2.10. The molecule has 0 radical (unpaired) electrons. The number of rotatable bonds is 2. The highest BCUT2D eigenvalue weighted by atomic mass is 79.9. The maximum Gasteiger partial charge on any atom is 0.335 e. The Bertz CT molecular complexity index is 823. The Morgan fingerprint density at radius 1 is 1.30 bits per heavy atom. The summed E-state index contributed by atoms with van der Waals surface area (Å²) < 4.78 is 6.66. The zero-order valence-corrected chi connectivity index (χ0v) is 12.1. The number of carboxylic acids is 1. The number of hydrogen-bond acceptors (Lipinski definition) is 3. The molecule has 0 saturated carbocycles. The van der Waals surface area contributed by atoms with Gasteiger partial charge in [-0.3, -0.25) is 0 Å².